The van der Waals surface area contributed by atoms with Crippen LogP contribution in [0.15, 0.2) is 24.3 Å². The van der Waals surface area contributed by atoms with E-state index < -0.39 is 0 Å². The number of hydrogen-bond donors (Lipinski definition) is 0. The molecular weight excluding hydrogens is 392 g/mol. The van der Waals surface area contributed by atoms with Gasteiger partial charge in [0.15, 0.2) is 0 Å². The van der Waals surface area contributed by atoms with Crippen molar-refractivity contribution in [2.45, 2.75) is 51.4 Å². The van der Waals surface area contributed by atoms with E-state index >= 15 is 0 Å². The molecule has 0 radical (unpaired) electrons. The van der Waals surface area contributed by atoms with Gasteiger partial charge in [-0.1, -0.05) is 37.8 Å². The molecule has 0 spiro atoms. The van der Waals surface area contributed by atoms with Crippen LogP contribution in [0.3, 0.4) is 0 Å². The highest BCUT2D eigenvalue weighted by molar-refractivity contribution is 5.97. The predicted octanol–water partition coefficient (Wildman–Crippen LogP) is 3.75. The lowest BCUT2D eigenvalue weighted by molar-refractivity contribution is -0.133. The van der Waals surface area contributed by atoms with Crippen molar-refractivity contribution in [2.24, 2.45) is 11.8 Å². The van der Waals surface area contributed by atoms with Gasteiger partial charge in [0.1, 0.15) is 5.75 Å². The summed E-state index contributed by atoms with van der Waals surface area (Å²) in [4.78, 5) is 29.3. The van der Waals surface area contributed by atoms with Crippen molar-refractivity contribution in [3.8, 4) is 5.75 Å². The Morgan fingerprint density at radius 3 is 2.35 bits per heavy atom. The summed E-state index contributed by atoms with van der Waals surface area (Å²) in [5, 5.41) is 0. The lowest BCUT2D eigenvalue weighted by Crippen LogP contribution is -2.41. The number of nitrogens with zero attached hydrogens (tertiary/aromatic N) is 2. The fraction of sp³-hybridized carbons (Fsp3) is 0.680. The van der Waals surface area contributed by atoms with Crippen molar-refractivity contribution in [1.29, 1.82) is 0 Å². The molecule has 0 atom stereocenters. The third kappa shape index (κ3) is 6.00. The van der Waals surface area contributed by atoms with Crippen LogP contribution >= 0.6 is 0 Å². The van der Waals surface area contributed by atoms with Gasteiger partial charge in [-0.25, -0.2) is 0 Å². The minimum atomic E-state index is 0.0154. The molecule has 0 N–H and O–H groups in total. The summed E-state index contributed by atoms with van der Waals surface area (Å²) in [6.45, 7) is 4.68. The summed E-state index contributed by atoms with van der Waals surface area (Å²) in [5.41, 5.74) is 0.629. The highest BCUT2D eigenvalue weighted by atomic mass is 16.5. The smallest absolute Gasteiger partial charge is 0.257 e. The van der Waals surface area contributed by atoms with E-state index in [0.717, 1.165) is 38.3 Å². The quantitative estimate of drug-likeness (QED) is 0.664. The Morgan fingerprint density at radius 1 is 0.903 bits per heavy atom. The third-order valence-electron chi connectivity index (χ3n) is 7.10. The van der Waals surface area contributed by atoms with E-state index in [2.05, 4.69) is 0 Å². The Kier molecular flexibility index (Phi) is 7.84. The molecule has 1 aromatic rings. The van der Waals surface area contributed by atoms with E-state index in [0.29, 0.717) is 62.5 Å². The van der Waals surface area contributed by atoms with E-state index in [1.54, 1.807) is 0 Å². The number of morpholine rings is 1. The molecule has 31 heavy (non-hydrogen) atoms. The highest BCUT2D eigenvalue weighted by Gasteiger charge is 2.26. The minimum absolute atomic E-state index is 0.0154. The van der Waals surface area contributed by atoms with Crippen LogP contribution in [0.25, 0.3) is 0 Å². The van der Waals surface area contributed by atoms with Crippen LogP contribution in [0.2, 0.25) is 0 Å². The molecule has 2 heterocycles. The van der Waals surface area contributed by atoms with E-state index in [4.69, 9.17) is 9.47 Å². The molecule has 170 valence electrons. The van der Waals surface area contributed by atoms with Crippen LogP contribution < -0.4 is 4.74 Å². The summed E-state index contributed by atoms with van der Waals surface area (Å²) in [6.07, 6.45) is 9.00. The maximum atomic E-state index is 12.9. The summed E-state index contributed by atoms with van der Waals surface area (Å²) in [7, 11) is 0. The van der Waals surface area contributed by atoms with Crippen molar-refractivity contribution >= 4 is 11.8 Å². The standard InChI is InChI=1S/C25H36N2O4/c28-24(10-9-20-5-1-2-6-20)26-13-11-21(12-14-26)19-31-23-8-4-3-7-22(23)25(29)27-15-17-30-18-16-27/h3-4,7-8,20-21H,1-2,5-6,9-19H2. The topological polar surface area (TPSA) is 59.1 Å². The zero-order valence-electron chi connectivity index (χ0n) is 18.6. The summed E-state index contributed by atoms with van der Waals surface area (Å²) in [6, 6.07) is 7.53. The van der Waals surface area contributed by atoms with Gasteiger partial charge in [-0.3, -0.25) is 9.59 Å². The molecule has 4 rings (SSSR count). The second kappa shape index (κ2) is 11.0. The monoisotopic (exact) mass is 428 g/mol. The average Bonchev–Trinajstić information content (AvgIpc) is 3.35. The van der Waals surface area contributed by atoms with Gasteiger partial charge in [0.25, 0.3) is 5.91 Å². The number of benzene rings is 1. The second-order valence-electron chi connectivity index (χ2n) is 9.23. The number of carbonyl (C=O) groups excluding carboxylic acids is 2. The van der Waals surface area contributed by atoms with Crippen molar-refractivity contribution in [1.82, 2.24) is 9.80 Å². The molecule has 2 aliphatic heterocycles. The molecule has 3 aliphatic rings. The predicted molar refractivity (Wildman–Crippen MR) is 119 cm³/mol. The van der Waals surface area contributed by atoms with Crippen LogP contribution in [0, 0.1) is 11.8 Å². The maximum absolute atomic E-state index is 12.9. The zero-order chi connectivity index (χ0) is 21.5. The number of para-hydroxylation sites is 1. The molecule has 1 aliphatic carbocycles. The number of piperidine rings is 1. The van der Waals surface area contributed by atoms with Gasteiger partial charge in [-0.15, -0.1) is 0 Å². The van der Waals surface area contributed by atoms with Gasteiger partial charge in [-0.05, 0) is 43.2 Å². The number of rotatable bonds is 7. The first-order valence-corrected chi connectivity index (χ1v) is 12.1. The van der Waals surface area contributed by atoms with Crippen LogP contribution in [-0.2, 0) is 9.53 Å². The maximum Gasteiger partial charge on any atom is 0.257 e. The molecule has 3 fully saturated rings. The normalized spacial score (nSPS) is 20.8. The van der Waals surface area contributed by atoms with Crippen molar-refractivity contribution in [2.75, 3.05) is 46.0 Å². The third-order valence-corrected chi connectivity index (χ3v) is 7.10. The Hall–Kier alpha value is -2.08. The minimum Gasteiger partial charge on any atom is -0.492 e. The fourth-order valence-corrected chi connectivity index (χ4v) is 5.05. The van der Waals surface area contributed by atoms with E-state index in [9.17, 15) is 9.59 Å². The van der Waals surface area contributed by atoms with Gasteiger partial charge in [0.05, 0.1) is 25.4 Å². The number of likely N-dealkylation sites (tertiary alicyclic amines) is 1. The number of amides is 2. The zero-order valence-corrected chi connectivity index (χ0v) is 18.6. The van der Waals surface area contributed by atoms with Gasteiger partial charge >= 0.3 is 0 Å². The van der Waals surface area contributed by atoms with Crippen molar-refractivity contribution < 1.29 is 19.1 Å². The largest absolute Gasteiger partial charge is 0.492 e. The molecule has 2 amide bonds. The van der Waals surface area contributed by atoms with Crippen LogP contribution in [0.4, 0.5) is 0 Å². The molecule has 6 heteroatoms. The average molecular weight is 429 g/mol. The van der Waals surface area contributed by atoms with E-state index in [-0.39, 0.29) is 5.91 Å². The number of carbonyl (C=O) groups is 2. The highest BCUT2D eigenvalue weighted by Crippen LogP contribution is 2.29. The first kappa shape index (κ1) is 22.1. The van der Waals surface area contributed by atoms with Crippen LogP contribution in [0.5, 0.6) is 5.75 Å². The van der Waals surface area contributed by atoms with Crippen LogP contribution in [-0.4, -0.2) is 67.6 Å². The molecule has 1 saturated carbocycles. The lowest BCUT2D eigenvalue weighted by Gasteiger charge is -2.32. The second-order valence-corrected chi connectivity index (χ2v) is 9.23. The Balaban J connectivity index is 1.22. The SMILES string of the molecule is O=C(CCC1CCCC1)N1CCC(COc2ccccc2C(=O)N2CCOCC2)CC1. The van der Waals surface area contributed by atoms with Gasteiger partial charge < -0.3 is 19.3 Å². The van der Waals surface area contributed by atoms with E-state index in [1.165, 1.54) is 25.7 Å². The van der Waals surface area contributed by atoms with E-state index in [1.807, 2.05) is 34.1 Å². The molecule has 6 nitrogen and oxygen atoms in total. The van der Waals surface area contributed by atoms with Crippen molar-refractivity contribution in [3.63, 3.8) is 0 Å². The molecule has 2 saturated heterocycles. The molecule has 0 bridgehead atoms. The Morgan fingerprint density at radius 2 is 1.61 bits per heavy atom. The van der Waals surface area contributed by atoms with Gasteiger partial charge in [0.2, 0.25) is 5.91 Å². The lowest BCUT2D eigenvalue weighted by atomic mass is 9.96. The first-order chi connectivity index (χ1) is 15.2. The van der Waals surface area contributed by atoms with Crippen molar-refractivity contribution in [3.05, 3.63) is 29.8 Å². The Labute approximate surface area is 185 Å². The molecule has 1 aromatic carbocycles. The summed E-state index contributed by atoms with van der Waals surface area (Å²) >= 11 is 0. The Bertz CT molecular complexity index is 733. The number of hydrogen-bond acceptors (Lipinski definition) is 4. The first-order valence-electron chi connectivity index (χ1n) is 12.1. The summed E-state index contributed by atoms with van der Waals surface area (Å²) < 4.78 is 11.5. The van der Waals surface area contributed by atoms with Gasteiger partial charge in [-0.2, -0.15) is 0 Å². The van der Waals surface area contributed by atoms with Gasteiger partial charge in [0, 0.05) is 32.6 Å². The van der Waals surface area contributed by atoms with Crippen LogP contribution in [0.1, 0.15) is 61.7 Å². The molecule has 0 aromatic heterocycles. The molecule has 0 unspecified atom stereocenters. The fourth-order valence-electron chi connectivity index (χ4n) is 5.05. The number of ether oxygens (including phenoxy) is 2. The summed E-state index contributed by atoms with van der Waals surface area (Å²) in [5.74, 6) is 2.20. The molecular formula is C25H36N2O4.